The minimum absolute atomic E-state index is 0.232. The molecule has 2 fully saturated rings. The molecule has 7 heteroatoms. The number of carboxylic acid groups (broad SMARTS) is 1. The van der Waals surface area contributed by atoms with E-state index >= 15 is 0 Å². The third-order valence-electron chi connectivity index (χ3n) is 8.47. The predicted octanol–water partition coefficient (Wildman–Crippen LogP) is 5.49. The Labute approximate surface area is 201 Å². The summed E-state index contributed by atoms with van der Waals surface area (Å²) < 4.78 is 7.23. The lowest BCUT2D eigenvalue weighted by Crippen LogP contribution is -2.35. The van der Waals surface area contributed by atoms with Gasteiger partial charge in [-0.1, -0.05) is 44.6 Å². The first-order valence-electron chi connectivity index (χ1n) is 13.1. The molecule has 0 spiro atoms. The standard InChI is InChI=1S/C27H37N3O4/c1-34-27(33)29-15-14-19-12-13-23-24(21(19)16-29)28-25(20-10-6-3-7-11-20)30(23)17-22(26(31)32)18-8-4-2-5-9-18/h12-13,18,20,22H,2-11,14-17H2,1H3,(H,31,32). The van der Waals surface area contributed by atoms with Crippen LogP contribution in [0.2, 0.25) is 0 Å². The van der Waals surface area contributed by atoms with Crippen LogP contribution in [0.5, 0.6) is 0 Å². The second-order valence-corrected chi connectivity index (χ2v) is 10.5. The first-order chi connectivity index (χ1) is 16.6. The largest absolute Gasteiger partial charge is 0.481 e. The number of amides is 1. The van der Waals surface area contributed by atoms with Crippen LogP contribution in [0, 0.1) is 11.8 Å². The number of carbonyl (C=O) groups excluding carboxylic acids is 1. The van der Waals surface area contributed by atoms with E-state index in [0.717, 1.165) is 67.4 Å². The van der Waals surface area contributed by atoms with Gasteiger partial charge in [-0.3, -0.25) is 4.79 Å². The molecule has 2 heterocycles. The number of ether oxygens (including phenoxy) is 1. The maximum absolute atomic E-state index is 12.4. The number of methoxy groups -OCH3 is 1. The summed E-state index contributed by atoms with van der Waals surface area (Å²) in [4.78, 5) is 31.6. The molecule has 1 aliphatic heterocycles. The summed E-state index contributed by atoms with van der Waals surface area (Å²) in [6, 6.07) is 4.30. The van der Waals surface area contributed by atoms with E-state index in [1.165, 1.54) is 38.4 Å². The molecule has 34 heavy (non-hydrogen) atoms. The van der Waals surface area contributed by atoms with Crippen LogP contribution in [0.1, 0.15) is 87.1 Å². The number of imidazole rings is 1. The van der Waals surface area contributed by atoms with Crippen molar-refractivity contribution in [3.05, 3.63) is 29.1 Å². The minimum atomic E-state index is -0.682. The van der Waals surface area contributed by atoms with Crippen LogP contribution in [-0.2, 0) is 29.0 Å². The van der Waals surface area contributed by atoms with E-state index < -0.39 is 5.97 Å². The van der Waals surface area contributed by atoms with Crippen molar-refractivity contribution in [2.24, 2.45) is 11.8 Å². The summed E-state index contributed by atoms with van der Waals surface area (Å²) in [5.41, 5.74) is 4.29. The lowest BCUT2D eigenvalue weighted by Gasteiger charge is -2.30. The zero-order valence-electron chi connectivity index (χ0n) is 20.3. The minimum Gasteiger partial charge on any atom is -0.481 e. The van der Waals surface area contributed by atoms with Gasteiger partial charge in [0, 0.05) is 24.6 Å². The van der Waals surface area contributed by atoms with Gasteiger partial charge in [0.05, 0.1) is 30.6 Å². The molecule has 1 amide bonds. The molecule has 0 bridgehead atoms. The molecule has 184 valence electrons. The van der Waals surface area contributed by atoms with E-state index in [1.54, 1.807) is 4.90 Å². The quantitative estimate of drug-likeness (QED) is 0.629. The number of hydrogen-bond acceptors (Lipinski definition) is 4. The Kier molecular flexibility index (Phi) is 6.79. The fraction of sp³-hybridized carbons (Fsp3) is 0.667. The topological polar surface area (TPSA) is 84.7 Å². The predicted molar refractivity (Wildman–Crippen MR) is 130 cm³/mol. The van der Waals surface area contributed by atoms with E-state index in [0.29, 0.717) is 25.6 Å². The summed E-state index contributed by atoms with van der Waals surface area (Å²) in [7, 11) is 1.42. The number of benzene rings is 1. The highest BCUT2D eigenvalue weighted by atomic mass is 16.5. The molecule has 2 aliphatic carbocycles. The summed E-state index contributed by atoms with van der Waals surface area (Å²) in [5, 5.41) is 10.2. The molecular formula is C27H37N3O4. The molecule has 0 saturated heterocycles. The van der Waals surface area contributed by atoms with Gasteiger partial charge in [0.2, 0.25) is 0 Å². The average molecular weight is 468 g/mol. The molecule has 2 aromatic rings. The molecule has 1 atom stereocenters. The Balaban J connectivity index is 1.57. The van der Waals surface area contributed by atoms with Crippen molar-refractivity contribution in [2.75, 3.05) is 13.7 Å². The van der Waals surface area contributed by atoms with Crippen LogP contribution in [0.25, 0.3) is 11.0 Å². The van der Waals surface area contributed by atoms with E-state index in [2.05, 4.69) is 16.7 Å². The molecule has 1 unspecified atom stereocenters. The normalized spacial score (nSPS) is 20.8. The maximum Gasteiger partial charge on any atom is 0.409 e. The van der Waals surface area contributed by atoms with Crippen LogP contribution in [0.3, 0.4) is 0 Å². The van der Waals surface area contributed by atoms with Crippen LogP contribution in [-0.4, -0.2) is 45.3 Å². The fourth-order valence-corrected chi connectivity index (χ4v) is 6.55. The van der Waals surface area contributed by atoms with Crippen LogP contribution in [0.15, 0.2) is 12.1 Å². The molecule has 5 rings (SSSR count). The molecule has 2 saturated carbocycles. The second kappa shape index (κ2) is 9.96. The van der Waals surface area contributed by atoms with Gasteiger partial charge < -0.3 is 19.3 Å². The summed E-state index contributed by atoms with van der Waals surface area (Å²) in [6.45, 7) is 1.62. The number of carboxylic acids is 1. The molecule has 1 aromatic heterocycles. The third kappa shape index (κ3) is 4.41. The number of hydrogen-bond donors (Lipinski definition) is 1. The highest BCUT2D eigenvalue weighted by Crippen LogP contribution is 2.38. The molecule has 3 aliphatic rings. The lowest BCUT2D eigenvalue weighted by atomic mass is 9.79. The zero-order chi connectivity index (χ0) is 23.7. The van der Waals surface area contributed by atoms with Gasteiger partial charge in [-0.2, -0.15) is 0 Å². The van der Waals surface area contributed by atoms with Crippen molar-refractivity contribution in [1.29, 1.82) is 0 Å². The van der Waals surface area contributed by atoms with Gasteiger partial charge in [-0.05, 0) is 49.7 Å². The number of aliphatic carboxylic acids is 1. The number of fused-ring (bicyclic) bond motifs is 3. The van der Waals surface area contributed by atoms with Crippen molar-refractivity contribution in [3.8, 4) is 0 Å². The fourth-order valence-electron chi connectivity index (χ4n) is 6.55. The summed E-state index contributed by atoms with van der Waals surface area (Å²) >= 11 is 0. The van der Waals surface area contributed by atoms with Crippen molar-refractivity contribution in [2.45, 2.75) is 89.6 Å². The monoisotopic (exact) mass is 467 g/mol. The molecule has 1 aromatic carbocycles. The SMILES string of the molecule is COC(=O)N1CCc2ccc3c(nc(C4CCCCC4)n3CC(C(=O)O)C3CCCCC3)c2C1. The number of nitrogens with zero attached hydrogens (tertiary/aromatic N) is 3. The summed E-state index contributed by atoms with van der Waals surface area (Å²) in [5.74, 6) is 0.592. The van der Waals surface area contributed by atoms with Gasteiger partial charge in [0.1, 0.15) is 5.82 Å². The Bertz CT molecular complexity index is 1050. The Morgan fingerprint density at radius 3 is 2.47 bits per heavy atom. The van der Waals surface area contributed by atoms with E-state index in [4.69, 9.17) is 9.72 Å². The van der Waals surface area contributed by atoms with Gasteiger partial charge >= 0.3 is 12.1 Å². The van der Waals surface area contributed by atoms with Crippen LogP contribution >= 0.6 is 0 Å². The number of rotatable bonds is 5. The Morgan fingerprint density at radius 2 is 1.79 bits per heavy atom. The van der Waals surface area contributed by atoms with E-state index in [-0.39, 0.29) is 17.9 Å². The molecule has 7 nitrogen and oxygen atoms in total. The first-order valence-corrected chi connectivity index (χ1v) is 13.1. The zero-order valence-corrected chi connectivity index (χ0v) is 20.3. The third-order valence-corrected chi connectivity index (χ3v) is 8.47. The van der Waals surface area contributed by atoms with E-state index in [9.17, 15) is 14.7 Å². The smallest absolute Gasteiger partial charge is 0.409 e. The van der Waals surface area contributed by atoms with Gasteiger partial charge in [-0.25, -0.2) is 9.78 Å². The highest BCUT2D eigenvalue weighted by Gasteiger charge is 2.33. The van der Waals surface area contributed by atoms with Gasteiger partial charge in [-0.15, -0.1) is 0 Å². The lowest BCUT2D eigenvalue weighted by molar-refractivity contribution is -0.144. The van der Waals surface area contributed by atoms with Crippen LogP contribution < -0.4 is 0 Å². The molecule has 0 radical (unpaired) electrons. The van der Waals surface area contributed by atoms with Gasteiger partial charge in [0.15, 0.2) is 0 Å². The molecule has 1 N–H and O–H groups in total. The van der Waals surface area contributed by atoms with Crippen molar-refractivity contribution in [3.63, 3.8) is 0 Å². The van der Waals surface area contributed by atoms with Crippen molar-refractivity contribution < 1.29 is 19.4 Å². The van der Waals surface area contributed by atoms with Gasteiger partial charge in [0.25, 0.3) is 0 Å². The molecular weight excluding hydrogens is 430 g/mol. The average Bonchev–Trinajstić information content (AvgIpc) is 3.26. The summed E-state index contributed by atoms with van der Waals surface area (Å²) in [6.07, 6.45) is 11.9. The van der Waals surface area contributed by atoms with Crippen LogP contribution in [0.4, 0.5) is 4.79 Å². The maximum atomic E-state index is 12.4. The highest BCUT2D eigenvalue weighted by molar-refractivity contribution is 5.83. The Hall–Kier alpha value is -2.57. The number of aromatic nitrogens is 2. The second-order valence-electron chi connectivity index (χ2n) is 10.5. The van der Waals surface area contributed by atoms with E-state index in [1.807, 2.05) is 0 Å². The first kappa shape index (κ1) is 23.2. The Morgan fingerprint density at radius 1 is 1.09 bits per heavy atom. The van der Waals surface area contributed by atoms with Crippen molar-refractivity contribution >= 4 is 23.1 Å². The van der Waals surface area contributed by atoms with Crippen molar-refractivity contribution in [1.82, 2.24) is 14.5 Å². The number of carbonyl (C=O) groups is 2.